The lowest BCUT2D eigenvalue weighted by Crippen LogP contribution is -2.01. The van der Waals surface area contributed by atoms with Crippen molar-refractivity contribution in [3.05, 3.63) is 53.6 Å². The molecule has 2 rings (SSSR count). The third kappa shape index (κ3) is 2.80. The molecule has 0 saturated heterocycles. The van der Waals surface area contributed by atoms with E-state index in [0.29, 0.717) is 0 Å². The van der Waals surface area contributed by atoms with Crippen molar-refractivity contribution < 1.29 is 0 Å². The van der Waals surface area contributed by atoms with E-state index in [1.807, 2.05) is 0 Å². The second-order valence-corrected chi connectivity index (χ2v) is 5.52. The molecule has 106 valence electrons. The lowest BCUT2D eigenvalue weighted by molar-refractivity contribution is 0.786. The first-order chi connectivity index (χ1) is 9.72. The van der Waals surface area contributed by atoms with E-state index in [9.17, 15) is 0 Å². The fourth-order valence-corrected chi connectivity index (χ4v) is 2.98. The molecule has 0 nitrogen and oxygen atoms in total. The van der Waals surface area contributed by atoms with Crippen LogP contribution in [0.3, 0.4) is 0 Å². The van der Waals surface area contributed by atoms with Crippen molar-refractivity contribution in [2.75, 3.05) is 0 Å². The molecule has 0 N–H and O–H groups in total. The summed E-state index contributed by atoms with van der Waals surface area (Å²) in [6, 6.07) is 11.1. The summed E-state index contributed by atoms with van der Waals surface area (Å²) in [4.78, 5) is 0. The second-order valence-electron chi connectivity index (χ2n) is 5.52. The van der Waals surface area contributed by atoms with Gasteiger partial charge in [-0.1, -0.05) is 64.1 Å². The van der Waals surface area contributed by atoms with E-state index in [0.717, 1.165) is 12.8 Å². The molecule has 20 heavy (non-hydrogen) atoms. The second kappa shape index (κ2) is 6.74. The summed E-state index contributed by atoms with van der Waals surface area (Å²) >= 11 is 0. The van der Waals surface area contributed by atoms with Gasteiger partial charge in [0.05, 0.1) is 0 Å². The van der Waals surface area contributed by atoms with Crippen LogP contribution in [0.4, 0.5) is 0 Å². The molecule has 0 aliphatic heterocycles. The van der Waals surface area contributed by atoms with Gasteiger partial charge in [-0.05, 0) is 58.7 Å². The lowest BCUT2D eigenvalue weighted by Gasteiger charge is -2.18. The van der Waals surface area contributed by atoms with Gasteiger partial charge in [-0.25, -0.2) is 0 Å². The Morgan fingerprint density at radius 3 is 2.50 bits per heavy atom. The van der Waals surface area contributed by atoms with Gasteiger partial charge in [-0.3, -0.25) is 0 Å². The number of rotatable bonds is 6. The SMILES string of the molecule is C=C(CC)c1c(CCCC)c(CC)cc2ccccc12. The summed E-state index contributed by atoms with van der Waals surface area (Å²) < 4.78 is 0. The molecule has 2 aromatic carbocycles. The van der Waals surface area contributed by atoms with E-state index in [2.05, 4.69) is 57.7 Å². The predicted molar refractivity (Wildman–Crippen MR) is 91.3 cm³/mol. The molecular weight excluding hydrogens is 240 g/mol. The molecule has 0 radical (unpaired) electrons. The maximum Gasteiger partial charge on any atom is -0.0106 e. The minimum absolute atomic E-state index is 1.02. The van der Waals surface area contributed by atoms with Gasteiger partial charge in [-0.2, -0.15) is 0 Å². The van der Waals surface area contributed by atoms with Crippen molar-refractivity contribution in [1.82, 2.24) is 0 Å². The van der Waals surface area contributed by atoms with Crippen molar-refractivity contribution >= 4 is 16.3 Å². The quantitative estimate of drug-likeness (QED) is 0.586. The Hall–Kier alpha value is -1.56. The highest BCUT2D eigenvalue weighted by Crippen LogP contribution is 2.33. The van der Waals surface area contributed by atoms with Gasteiger partial charge in [0.25, 0.3) is 0 Å². The van der Waals surface area contributed by atoms with Crippen LogP contribution in [0.5, 0.6) is 0 Å². The van der Waals surface area contributed by atoms with Crippen LogP contribution in [0.2, 0.25) is 0 Å². The van der Waals surface area contributed by atoms with Gasteiger partial charge >= 0.3 is 0 Å². The van der Waals surface area contributed by atoms with E-state index in [4.69, 9.17) is 0 Å². The molecule has 0 fully saturated rings. The summed E-state index contributed by atoms with van der Waals surface area (Å²) in [6.45, 7) is 11.1. The monoisotopic (exact) mass is 266 g/mol. The van der Waals surface area contributed by atoms with Crippen molar-refractivity contribution in [1.29, 1.82) is 0 Å². The molecule has 0 aliphatic carbocycles. The molecule has 0 aromatic heterocycles. The van der Waals surface area contributed by atoms with E-state index in [-0.39, 0.29) is 0 Å². The van der Waals surface area contributed by atoms with E-state index in [1.54, 1.807) is 5.56 Å². The Bertz CT molecular complexity index is 605. The third-order valence-corrected chi connectivity index (χ3v) is 4.19. The molecule has 0 spiro atoms. The number of benzene rings is 2. The molecule has 0 saturated carbocycles. The summed E-state index contributed by atoms with van der Waals surface area (Å²) in [5, 5.41) is 2.73. The predicted octanol–water partition coefficient (Wildman–Crippen LogP) is 6.17. The van der Waals surface area contributed by atoms with Crippen molar-refractivity contribution in [2.45, 2.75) is 52.9 Å². The molecule has 0 heterocycles. The molecular formula is C20H26. The maximum atomic E-state index is 4.34. The summed E-state index contributed by atoms with van der Waals surface area (Å²) in [5.41, 5.74) is 5.75. The molecule has 0 heteroatoms. The highest BCUT2D eigenvalue weighted by Gasteiger charge is 2.13. The minimum atomic E-state index is 1.02. The Labute approximate surface area is 123 Å². The van der Waals surface area contributed by atoms with Gasteiger partial charge < -0.3 is 0 Å². The average Bonchev–Trinajstić information content (AvgIpc) is 2.50. The zero-order valence-corrected chi connectivity index (χ0v) is 13.1. The number of allylic oxidation sites excluding steroid dienone is 1. The van der Waals surface area contributed by atoms with Gasteiger partial charge in [0, 0.05) is 0 Å². The summed E-state index contributed by atoms with van der Waals surface area (Å²) in [7, 11) is 0. The Morgan fingerprint density at radius 1 is 1.10 bits per heavy atom. The minimum Gasteiger partial charge on any atom is -0.0952 e. The highest BCUT2D eigenvalue weighted by molar-refractivity contribution is 5.95. The van der Waals surface area contributed by atoms with Crippen LogP contribution in [-0.2, 0) is 12.8 Å². The van der Waals surface area contributed by atoms with Crippen LogP contribution in [0.1, 0.15) is 56.7 Å². The molecule has 0 bridgehead atoms. The average molecular weight is 266 g/mol. The van der Waals surface area contributed by atoms with Crippen molar-refractivity contribution in [3.8, 4) is 0 Å². The summed E-state index contributed by atoms with van der Waals surface area (Å²) in [5.74, 6) is 0. The Balaban J connectivity index is 2.73. The summed E-state index contributed by atoms with van der Waals surface area (Å²) in [6.07, 6.45) is 5.81. The Morgan fingerprint density at radius 2 is 1.85 bits per heavy atom. The number of unbranched alkanes of at least 4 members (excludes halogenated alkanes) is 1. The first-order valence-electron chi connectivity index (χ1n) is 7.94. The van der Waals surface area contributed by atoms with Gasteiger partial charge in [-0.15, -0.1) is 0 Å². The van der Waals surface area contributed by atoms with Gasteiger partial charge in [0.1, 0.15) is 0 Å². The van der Waals surface area contributed by atoms with Crippen molar-refractivity contribution in [3.63, 3.8) is 0 Å². The number of hydrogen-bond acceptors (Lipinski definition) is 0. The van der Waals surface area contributed by atoms with E-state index >= 15 is 0 Å². The molecule has 0 aliphatic rings. The van der Waals surface area contributed by atoms with Crippen LogP contribution in [0.15, 0.2) is 36.9 Å². The topological polar surface area (TPSA) is 0 Å². The zero-order valence-electron chi connectivity index (χ0n) is 13.1. The number of hydrogen-bond donors (Lipinski definition) is 0. The number of aryl methyl sites for hydroxylation is 1. The fraction of sp³-hybridized carbons (Fsp3) is 0.400. The molecule has 2 aromatic rings. The fourth-order valence-electron chi connectivity index (χ4n) is 2.98. The smallest absolute Gasteiger partial charge is 0.0106 e. The van der Waals surface area contributed by atoms with Crippen molar-refractivity contribution in [2.24, 2.45) is 0 Å². The third-order valence-electron chi connectivity index (χ3n) is 4.19. The first kappa shape index (κ1) is 14.8. The van der Waals surface area contributed by atoms with Crippen LogP contribution < -0.4 is 0 Å². The number of fused-ring (bicyclic) bond motifs is 1. The van der Waals surface area contributed by atoms with Gasteiger partial charge in [0.2, 0.25) is 0 Å². The maximum absolute atomic E-state index is 4.34. The van der Waals surface area contributed by atoms with Crippen LogP contribution in [0, 0.1) is 0 Å². The highest BCUT2D eigenvalue weighted by atomic mass is 14.2. The first-order valence-corrected chi connectivity index (χ1v) is 7.94. The van der Waals surface area contributed by atoms with E-state index < -0.39 is 0 Å². The van der Waals surface area contributed by atoms with Crippen LogP contribution in [-0.4, -0.2) is 0 Å². The van der Waals surface area contributed by atoms with Gasteiger partial charge in [0.15, 0.2) is 0 Å². The molecule has 0 atom stereocenters. The van der Waals surface area contributed by atoms with Crippen LogP contribution in [0.25, 0.3) is 16.3 Å². The van der Waals surface area contributed by atoms with Crippen LogP contribution >= 0.6 is 0 Å². The standard InChI is InChI=1S/C20H26/c1-5-8-12-18-16(7-3)14-17-11-9-10-13-19(17)20(18)15(4)6-2/h9-11,13-14H,4-8,12H2,1-3H3. The normalized spacial score (nSPS) is 10.9. The lowest BCUT2D eigenvalue weighted by atomic mass is 9.86. The zero-order chi connectivity index (χ0) is 14.5. The Kier molecular flexibility index (Phi) is 5.00. The molecule has 0 unspecified atom stereocenters. The molecule has 0 amide bonds. The van der Waals surface area contributed by atoms with E-state index in [1.165, 1.54) is 46.7 Å². The largest absolute Gasteiger partial charge is 0.0952 e.